The number of nitrogens with zero attached hydrogens (tertiary/aromatic N) is 1. The minimum atomic E-state index is 1.09. The first-order valence-corrected chi connectivity index (χ1v) is 20.3. The molecule has 0 amide bonds. The van der Waals surface area contributed by atoms with Crippen LogP contribution in [0.15, 0.2) is 237 Å². The van der Waals surface area contributed by atoms with E-state index in [4.69, 9.17) is 0 Å². The van der Waals surface area contributed by atoms with Crippen LogP contribution in [-0.4, -0.2) is 0 Å². The van der Waals surface area contributed by atoms with Crippen molar-refractivity contribution in [1.82, 2.24) is 0 Å². The molecule has 1 heteroatoms. The highest BCUT2D eigenvalue weighted by atomic mass is 15.1. The third-order valence-corrected chi connectivity index (χ3v) is 11.8. The van der Waals surface area contributed by atoms with Crippen molar-refractivity contribution in [3.8, 4) is 44.5 Å². The maximum absolute atomic E-state index is 2.40. The summed E-state index contributed by atoms with van der Waals surface area (Å²) in [6.45, 7) is 0. The van der Waals surface area contributed by atoms with Gasteiger partial charge in [-0.05, 0) is 136 Å². The predicted molar refractivity (Wildman–Crippen MR) is 253 cm³/mol. The summed E-state index contributed by atoms with van der Waals surface area (Å²) in [5.74, 6) is 0. The van der Waals surface area contributed by atoms with Crippen molar-refractivity contribution < 1.29 is 0 Å². The summed E-state index contributed by atoms with van der Waals surface area (Å²) in [5.41, 5.74) is 12.9. The average Bonchev–Trinajstić information content (AvgIpc) is 3.32. The van der Waals surface area contributed by atoms with E-state index in [2.05, 4.69) is 241 Å². The van der Waals surface area contributed by atoms with E-state index in [0.717, 1.165) is 17.1 Å². The monoisotopic (exact) mass is 749 g/mol. The largest absolute Gasteiger partial charge is 0.310 e. The molecule has 11 rings (SSSR count). The van der Waals surface area contributed by atoms with Gasteiger partial charge in [0.1, 0.15) is 0 Å². The Balaban J connectivity index is 1.06. The number of rotatable bonds is 7. The number of hydrogen-bond donors (Lipinski definition) is 0. The lowest BCUT2D eigenvalue weighted by molar-refractivity contribution is 1.28. The normalized spacial score (nSPS) is 11.4. The fourth-order valence-electron chi connectivity index (χ4n) is 8.91. The van der Waals surface area contributed by atoms with Crippen molar-refractivity contribution in [2.45, 2.75) is 0 Å². The molecule has 0 aliphatic heterocycles. The molecule has 0 heterocycles. The van der Waals surface area contributed by atoms with Crippen molar-refractivity contribution in [2.75, 3.05) is 4.90 Å². The van der Waals surface area contributed by atoms with E-state index in [9.17, 15) is 0 Å². The van der Waals surface area contributed by atoms with Crippen molar-refractivity contribution in [1.29, 1.82) is 0 Å². The lowest BCUT2D eigenvalue weighted by atomic mass is 9.91. The van der Waals surface area contributed by atoms with E-state index in [-0.39, 0.29) is 0 Å². The van der Waals surface area contributed by atoms with Crippen LogP contribution in [0.2, 0.25) is 0 Å². The average molecular weight is 750 g/mol. The molecule has 0 saturated heterocycles. The standard InChI is InChI=1S/C58H39N/c1-3-14-42(15-4-1)52-36-34-50(38-56(52)43-16-5-2-6-17-43)59(48-30-25-41(26-31-48)47-24-23-40-13-7-8-19-46(40)37-47)49-32-27-45(28-33-49)57-39-58-51-20-10-9-18-44(51)29-35-55(58)53-21-11-12-22-54(53)57/h1-39H. The summed E-state index contributed by atoms with van der Waals surface area (Å²) in [5, 5.41) is 10.1. The van der Waals surface area contributed by atoms with Crippen LogP contribution >= 0.6 is 0 Å². The minimum Gasteiger partial charge on any atom is -0.310 e. The molecule has 0 radical (unpaired) electrons. The topological polar surface area (TPSA) is 3.24 Å². The second-order valence-corrected chi connectivity index (χ2v) is 15.3. The molecule has 0 fully saturated rings. The summed E-state index contributed by atoms with van der Waals surface area (Å²) < 4.78 is 0. The fourth-order valence-corrected chi connectivity index (χ4v) is 8.91. The number of hydrogen-bond acceptors (Lipinski definition) is 1. The van der Waals surface area contributed by atoms with Crippen molar-refractivity contribution >= 4 is 60.2 Å². The Morgan fingerprint density at radius 2 is 0.695 bits per heavy atom. The van der Waals surface area contributed by atoms with Crippen LogP contribution in [0.25, 0.3) is 87.6 Å². The van der Waals surface area contributed by atoms with Gasteiger partial charge in [-0.1, -0.05) is 188 Å². The number of benzene rings is 11. The number of anilines is 3. The van der Waals surface area contributed by atoms with Crippen LogP contribution in [0.5, 0.6) is 0 Å². The van der Waals surface area contributed by atoms with Gasteiger partial charge in [0.25, 0.3) is 0 Å². The van der Waals surface area contributed by atoms with E-state index in [0.29, 0.717) is 0 Å². The molecule has 0 N–H and O–H groups in total. The van der Waals surface area contributed by atoms with Gasteiger partial charge in [0.05, 0.1) is 0 Å². The quantitative estimate of drug-likeness (QED) is 0.147. The Morgan fingerprint density at radius 1 is 0.203 bits per heavy atom. The lowest BCUT2D eigenvalue weighted by Crippen LogP contribution is -2.10. The molecule has 1 nitrogen and oxygen atoms in total. The molecule has 0 aliphatic rings. The third kappa shape index (κ3) is 6.30. The summed E-state index contributed by atoms with van der Waals surface area (Å²) in [7, 11) is 0. The Bertz CT molecular complexity index is 3290. The van der Waals surface area contributed by atoms with Gasteiger partial charge in [-0.2, -0.15) is 0 Å². The molecule has 0 bridgehead atoms. The lowest BCUT2D eigenvalue weighted by Gasteiger charge is -2.27. The van der Waals surface area contributed by atoms with Crippen LogP contribution < -0.4 is 4.90 Å². The highest BCUT2D eigenvalue weighted by Gasteiger charge is 2.18. The van der Waals surface area contributed by atoms with Gasteiger partial charge in [0.15, 0.2) is 0 Å². The minimum absolute atomic E-state index is 1.09. The molecule has 0 spiro atoms. The van der Waals surface area contributed by atoms with E-state index in [1.807, 2.05) is 0 Å². The first kappa shape index (κ1) is 34.5. The summed E-state index contributed by atoms with van der Waals surface area (Å²) in [6, 6.07) is 86.3. The van der Waals surface area contributed by atoms with Crippen LogP contribution in [0.4, 0.5) is 17.1 Å². The summed E-state index contributed by atoms with van der Waals surface area (Å²) in [4.78, 5) is 2.39. The van der Waals surface area contributed by atoms with Gasteiger partial charge in [-0.25, -0.2) is 0 Å². The maximum Gasteiger partial charge on any atom is 0.0468 e. The van der Waals surface area contributed by atoms with Crippen LogP contribution in [-0.2, 0) is 0 Å². The van der Waals surface area contributed by atoms with Crippen LogP contribution in [0.1, 0.15) is 0 Å². The van der Waals surface area contributed by atoms with Crippen LogP contribution in [0, 0.1) is 0 Å². The van der Waals surface area contributed by atoms with E-state index in [1.54, 1.807) is 0 Å². The third-order valence-electron chi connectivity index (χ3n) is 11.8. The summed E-state index contributed by atoms with van der Waals surface area (Å²) >= 11 is 0. The van der Waals surface area contributed by atoms with Crippen molar-refractivity contribution in [2.24, 2.45) is 0 Å². The van der Waals surface area contributed by atoms with Gasteiger partial charge in [0.2, 0.25) is 0 Å². The van der Waals surface area contributed by atoms with Crippen LogP contribution in [0.3, 0.4) is 0 Å². The first-order valence-electron chi connectivity index (χ1n) is 20.3. The Morgan fingerprint density at radius 3 is 1.41 bits per heavy atom. The smallest absolute Gasteiger partial charge is 0.0468 e. The highest BCUT2D eigenvalue weighted by molar-refractivity contribution is 6.21. The molecule has 0 saturated carbocycles. The molecule has 11 aromatic rings. The molecule has 0 atom stereocenters. The first-order chi connectivity index (χ1) is 29.2. The van der Waals surface area contributed by atoms with Crippen molar-refractivity contribution in [3.05, 3.63) is 237 Å². The van der Waals surface area contributed by atoms with Gasteiger partial charge in [-0.3, -0.25) is 0 Å². The zero-order valence-corrected chi connectivity index (χ0v) is 32.5. The molecule has 59 heavy (non-hydrogen) atoms. The molecule has 11 aromatic carbocycles. The maximum atomic E-state index is 2.40. The van der Waals surface area contributed by atoms with E-state index < -0.39 is 0 Å². The van der Waals surface area contributed by atoms with Crippen molar-refractivity contribution in [3.63, 3.8) is 0 Å². The molecule has 0 aliphatic carbocycles. The second kappa shape index (κ2) is 14.6. The van der Waals surface area contributed by atoms with E-state index >= 15 is 0 Å². The molecular formula is C58H39N. The molecule has 276 valence electrons. The van der Waals surface area contributed by atoms with Gasteiger partial charge < -0.3 is 4.90 Å². The molecule has 0 unspecified atom stereocenters. The van der Waals surface area contributed by atoms with Gasteiger partial charge in [-0.15, -0.1) is 0 Å². The number of fused-ring (bicyclic) bond motifs is 6. The fraction of sp³-hybridized carbons (Fsp3) is 0. The molecular weight excluding hydrogens is 711 g/mol. The van der Waals surface area contributed by atoms with E-state index in [1.165, 1.54) is 87.6 Å². The molecule has 0 aromatic heterocycles. The Kier molecular flexibility index (Phi) is 8.56. The van der Waals surface area contributed by atoms with Gasteiger partial charge in [0, 0.05) is 17.1 Å². The Labute approximate surface area is 344 Å². The second-order valence-electron chi connectivity index (χ2n) is 15.3. The summed E-state index contributed by atoms with van der Waals surface area (Å²) in [6.07, 6.45) is 0. The van der Waals surface area contributed by atoms with Gasteiger partial charge >= 0.3 is 0 Å². The predicted octanol–water partition coefficient (Wildman–Crippen LogP) is 16.4. The Hall–Kier alpha value is -7.74. The SMILES string of the molecule is c1ccc(-c2ccc(N(c3ccc(-c4ccc5ccccc5c4)cc3)c3ccc(-c4cc5c6ccccc6ccc5c5ccccc45)cc3)cc2-c2ccccc2)cc1. The zero-order valence-electron chi connectivity index (χ0n) is 32.5. The zero-order chi connectivity index (χ0) is 39.1. The highest BCUT2D eigenvalue weighted by Crippen LogP contribution is 2.43.